The predicted octanol–water partition coefficient (Wildman–Crippen LogP) is 3.65. The Balaban J connectivity index is 1.71. The predicted molar refractivity (Wildman–Crippen MR) is 80.5 cm³/mol. The number of fused-ring (bicyclic) bond motifs is 1. The zero-order chi connectivity index (χ0) is 13.5. The van der Waals surface area contributed by atoms with Gasteiger partial charge >= 0.3 is 0 Å². The van der Waals surface area contributed by atoms with Crippen molar-refractivity contribution in [1.82, 2.24) is 4.98 Å². The van der Waals surface area contributed by atoms with Crippen molar-refractivity contribution in [2.75, 3.05) is 11.1 Å². The lowest BCUT2D eigenvalue weighted by Crippen LogP contribution is -2.03. The summed E-state index contributed by atoms with van der Waals surface area (Å²) in [5.74, 6) is 0.607. The molecule has 0 bridgehead atoms. The van der Waals surface area contributed by atoms with Gasteiger partial charge in [-0.05, 0) is 43.2 Å². The molecular formula is C16H15N3O. The van der Waals surface area contributed by atoms with Gasteiger partial charge in [0.2, 0.25) is 5.89 Å². The van der Waals surface area contributed by atoms with Crippen LogP contribution in [0.2, 0.25) is 0 Å². The maximum absolute atomic E-state index is 6.10. The van der Waals surface area contributed by atoms with Crippen molar-refractivity contribution in [3.05, 3.63) is 42.5 Å². The molecule has 1 heterocycles. The number of oxazole rings is 1. The quantitative estimate of drug-likeness (QED) is 0.709. The van der Waals surface area contributed by atoms with Crippen molar-refractivity contribution in [2.24, 2.45) is 0 Å². The summed E-state index contributed by atoms with van der Waals surface area (Å²) in [4.78, 5) is 4.48. The molecule has 20 heavy (non-hydrogen) atoms. The van der Waals surface area contributed by atoms with Crippen molar-refractivity contribution in [1.29, 1.82) is 0 Å². The maximum atomic E-state index is 6.10. The summed E-state index contributed by atoms with van der Waals surface area (Å²) >= 11 is 0. The van der Waals surface area contributed by atoms with Gasteiger partial charge in [0, 0.05) is 11.6 Å². The second-order valence-corrected chi connectivity index (χ2v) is 5.21. The Kier molecular flexibility index (Phi) is 2.42. The highest BCUT2D eigenvalue weighted by Crippen LogP contribution is 2.32. The number of nitrogen functional groups attached to an aromatic ring is 1. The van der Waals surface area contributed by atoms with Crippen molar-refractivity contribution < 1.29 is 4.42 Å². The van der Waals surface area contributed by atoms with E-state index in [0.717, 1.165) is 28.0 Å². The number of aromatic nitrogens is 1. The molecule has 1 aromatic heterocycles. The zero-order valence-electron chi connectivity index (χ0n) is 11.0. The molecular weight excluding hydrogens is 250 g/mol. The van der Waals surface area contributed by atoms with Crippen LogP contribution < -0.4 is 11.1 Å². The number of rotatable bonds is 3. The molecule has 0 aliphatic heterocycles. The van der Waals surface area contributed by atoms with Crippen LogP contribution in [0, 0.1) is 0 Å². The summed E-state index contributed by atoms with van der Waals surface area (Å²) in [6, 6.07) is 14.2. The van der Waals surface area contributed by atoms with E-state index in [2.05, 4.69) is 10.3 Å². The molecule has 3 aromatic rings. The Hall–Kier alpha value is -2.49. The molecule has 0 radical (unpaired) electrons. The van der Waals surface area contributed by atoms with E-state index in [4.69, 9.17) is 10.2 Å². The first-order chi connectivity index (χ1) is 9.79. The van der Waals surface area contributed by atoms with E-state index in [-0.39, 0.29) is 0 Å². The average Bonchev–Trinajstić information content (AvgIpc) is 3.16. The first-order valence-electron chi connectivity index (χ1n) is 6.81. The summed E-state index contributed by atoms with van der Waals surface area (Å²) in [5.41, 5.74) is 10.4. The van der Waals surface area contributed by atoms with E-state index in [9.17, 15) is 0 Å². The second kappa shape index (κ2) is 4.27. The molecule has 3 N–H and O–H groups in total. The summed E-state index contributed by atoms with van der Waals surface area (Å²) in [5, 5.41) is 3.41. The Labute approximate surface area is 116 Å². The van der Waals surface area contributed by atoms with Gasteiger partial charge in [-0.2, -0.15) is 0 Å². The molecule has 1 aliphatic carbocycles. The molecule has 2 aromatic carbocycles. The third-order valence-corrected chi connectivity index (χ3v) is 3.53. The number of nitrogens with one attached hydrogen (secondary N) is 1. The molecule has 4 rings (SSSR count). The third-order valence-electron chi connectivity index (χ3n) is 3.53. The van der Waals surface area contributed by atoms with E-state index in [1.165, 1.54) is 12.8 Å². The normalized spacial score (nSPS) is 14.6. The standard InChI is InChI=1S/C16H15N3O/c17-12-9-10(5-8-13(12)18-11-6-7-11)16-19-14-3-1-2-4-15(14)20-16/h1-5,8-9,11,18H,6-7,17H2. The van der Waals surface area contributed by atoms with Gasteiger partial charge in [0.1, 0.15) is 5.52 Å². The van der Waals surface area contributed by atoms with Gasteiger partial charge in [0.15, 0.2) is 5.58 Å². The van der Waals surface area contributed by atoms with Crippen LogP contribution in [0.25, 0.3) is 22.6 Å². The lowest BCUT2D eigenvalue weighted by atomic mass is 10.1. The van der Waals surface area contributed by atoms with Crippen molar-refractivity contribution in [3.8, 4) is 11.5 Å². The van der Waals surface area contributed by atoms with Gasteiger partial charge in [-0.1, -0.05) is 12.1 Å². The van der Waals surface area contributed by atoms with Gasteiger partial charge in [-0.25, -0.2) is 4.98 Å². The molecule has 4 nitrogen and oxygen atoms in total. The lowest BCUT2D eigenvalue weighted by molar-refractivity contribution is 0.620. The van der Waals surface area contributed by atoms with Crippen LogP contribution in [-0.4, -0.2) is 11.0 Å². The first-order valence-corrected chi connectivity index (χ1v) is 6.81. The molecule has 1 saturated carbocycles. The third kappa shape index (κ3) is 1.99. The topological polar surface area (TPSA) is 64.1 Å². The van der Waals surface area contributed by atoms with Crippen molar-refractivity contribution in [2.45, 2.75) is 18.9 Å². The molecule has 100 valence electrons. The fraction of sp³-hybridized carbons (Fsp3) is 0.188. The minimum atomic E-state index is 0.590. The number of para-hydroxylation sites is 2. The summed E-state index contributed by atoms with van der Waals surface area (Å²) in [6.45, 7) is 0. The number of hydrogen-bond acceptors (Lipinski definition) is 4. The second-order valence-electron chi connectivity index (χ2n) is 5.21. The van der Waals surface area contributed by atoms with Crippen LogP contribution in [-0.2, 0) is 0 Å². The van der Waals surface area contributed by atoms with Crippen LogP contribution in [0.4, 0.5) is 11.4 Å². The number of benzene rings is 2. The maximum Gasteiger partial charge on any atom is 0.227 e. The highest BCUT2D eigenvalue weighted by atomic mass is 16.3. The van der Waals surface area contributed by atoms with E-state index in [1.54, 1.807) is 0 Å². The van der Waals surface area contributed by atoms with Crippen LogP contribution >= 0.6 is 0 Å². The van der Waals surface area contributed by atoms with Crippen molar-refractivity contribution in [3.63, 3.8) is 0 Å². The van der Waals surface area contributed by atoms with E-state index >= 15 is 0 Å². The summed E-state index contributed by atoms with van der Waals surface area (Å²) in [7, 11) is 0. The van der Waals surface area contributed by atoms with Gasteiger partial charge in [0.25, 0.3) is 0 Å². The molecule has 0 atom stereocenters. The molecule has 4 heteroatoms. The summed E-state index contributed by atoms with van der Waals surface area (Å²) in [6.07, 6.45) is 2.46. The Morgan fingerprint density at radius 3 is 2.75 bits per heavy atom. The first kappa shape index (κ1) is 11.3. The summed E-state index contributed by atoms with van der Waals surface area (Å²) < 4.78 is 5.76. The van der Waals surface area contributed by atoms with Crippen LogP contribution in [0.15, 0.2) is 46.9 Å². The molecule has 0 unspecified atom stereocenters. The van der Waals surface area contributed by atoms with Gasteiger partial charge in [-0.15, -0.1) is 0 Å². The molecule has 1 aliphatic rings. The van der Waals surface area contributed by atoms with Gasteiger partial charge in [-0.3, -0.25) is 0 Å². The number of nitrogens with two attached hydrogens (primary N) is 1. The largest absolute Gasteiger partial charge is 0.436 e. The van der Waals surface area contributed by atoms with Gasteiger partial charge < -0.3 is 15.5 Å². The Morgan fingerprint density at radius 2 is 2.00 bits per heavy atom. The highest BCUT2D eigenvalue weighted by Gasteiger charge is 2.21. The fourth-order valence-corrected chi connectivity index (χ4v) is 2.27. The SMILES string of the molecule is Nc1cc(-c2nc3ccccc3o2)ccc1NC1CC1. The molecule has 0 amide bonds. The number of hydrogen-bond donors (Lipinski definition) is 2. The van der Waals surface area contributed by atoms with Crippen LogP contribution in [0.1, 0.15) is 12.8 Å². The number of nitrogens with zero attached hydrogens (tertiary/aromatic N) is 1. The van der Waals surface area contributed by atoms with Crippen molar-refractivity contribution >= 4 is 22.5 Å². The van der Waals surface area contributed by atoms with Crippen LogP contribution in [0.5, 0.6) is 0 Å². The lowest BCUT2D eigenvalue weighted by Gasteiger charge is -2.08. The Morgan fingerprint density at radius 1 is 1.15 bits per heavy atom. The zero-order valence-corrected chi connectivity index (χ0v) is 11.0. The number of anilines is 2. The minimum absolute atomic E-state index is 0.590. The molecule has 0 saturated heterocycles. The van der Waals surface area contributed by atoms with Gasteiger partial charge in [0.05, 0.1) is 11.4 Å². The van der Waals surface area contributed by atoms with E-state index in [1.807, 2.05) is 42.5 Å². The van der Waals surface area contributed by atoms with Crippen LogP contribution in [0.3, 0.4) is 0 Å². The van der Waals surface area contributed by atoms with E-state index in [0.29, 0.717) is 11.9 Å². The van der Waals surface area contributed by atoms with E-state index < -0.39 is 0 Å². The smallest absolute Gasteiger partial charge is 0.227 e. The highest BCUT2D eigenvalue weighted by molar-refractivity contribution is 5.78. The minimum Gasteiger partial charge on any atom is -0.436 e. The molecule has 1 fully saturated rings. The fourth-order valence-electron chi connectivity index (χ4n) is 2.27. The monoisotopic (exact) mass is 265 g/mol. The molecule has 0 spiro atoms. The Bertz CT molecular complexity index is 741. The average molecular weight is 265 g/mol.